The first kappa shape index (κ1) is 10.2. The van der Waals surface area contributed by atoms with Crippen molar-refractivity contribution in [2.24, 2.45) is 0 Å². The molecule has 0 unspecified atom stereocenters. The monoisotopic (exact) mass is 243 g/mol. The Morgan fingerprint density at radius 2 is 2.19 bits per heavy atom. The van der Waals surface area contributed by atoms with E-state index in [0.29, 0.717) is 12.5 Å². The van der Waals surface area contributed by atoms with Crippen LogP contribution in [0.3, 0.4) is 0 Å². The van der Waals surface area contributed by atoms with Crippen LogP contribution in [0.4, 0.5) is 5.82 Å². The van der Waals surface area contributed by atoms with E-state index in [9.17, 15) is 0 Å². The Morgan fingerprint density at radius 3 is 2.94 bits per heavy atom. The van der Waals surface area contributed by atoms with Crippen molar-refractivity contribution in [2.75, 3.05) is 44.4 Å². The van der Waals surface area contributed by atoms with Crippen molar-refractivity contribution >= 4 is 17.5 Å². The number of nitrogens with zero attached hydrogens (tertiary/aromatic N) is 3. The molecule has 0 amide bonds. The Bertz CT molecular complexity index is 350. The van der Waals surface area contributed by atoms with Crippen molar-refractivity contribution in [3.8, 4) is 5.88 Å². The smallest absolute Gasteiger partial charge is 0.270 e. The van der Waals surface area contributed by atoms with Crippen LogP contribution in [0, 0.1) is 0 Å². The lowest BCUT2D eigenvalue weighted by Gasteiger charge is -2.26. The minimum atomic E-state index is 0.249. The Morgan fingerprint density at radius 1 is 1.38 bits per heavy atom. The number of aromatic nitrogens is 2. The summed E-state index contributed by atoms with van der Waals surface area (Å²) in [6.07, 6.45) is 0.249. The van der Waals surface area contributed by atoms with Gasteiger partial charge in [-0.05, 0) is 0 Å². The van der Waals surface area contributed by atoms with Crippen LogP contribution < -0.4 is 9.64 Å². The molecule has 0 aromatic carbocycles. The van der Waals surface area contributed by atoms with Gasteiger partial charge in [0, 0.05) is 13.1 Å². The highest BCUT2D eigenvalue weighted by molar-refractivity contribution is 6.99. The summed E-state index contributed by atoms with van der Waals surface area (Å²) in [6.45, 7) is 4.54. The number of hydrogen-bond donors (Lipinski definition) is 0. The van der Waals surface area contributed by atoms with Gasteiger partial charge in [0.25, 0.3) is 5.88 Å². The molecule has 0 saturated carbocycles. The quantitative estimate of drug-likeness (QED) is 0.702. The van der Waals surface area contributed by atoms with Crippen molar-refractivity contribution in [2.45, 2.75) is 6.10 Å². The highest BCUT2D eigenvalue weighted by Gasteiger charge is 2.26. The van der Waals surface area contributed by atoms with E-state index in [1.807, 2.05) is 0 Å². The van der Waals surface area contributed by atoms with Gasteiger partial charge in [-0.2, -0.15) is 4.37 Å². The van der Waals surface area contributed by atoms with Gasteiger partial charge < -0.3 is 19.1 Å². The number of hydrogen-bond acceptors (Lipinski definition) is 7. The topological polar surface area (TPSA) is 60.0 Å². The summed E-state index contributed by atoms with van der Waals surface area (Å²) in [4.78, 5) is 2.15. The van der Waals surface area contributed by atoms with E-state index in [2.05, 4.69) is 13.6 Å². The van der Waals surface area contributed by atoms with Crippen molar-refractivity contribution < 1.29 is 14.2 Å². The summed E-state index contributed by atoms with van der Waals surface area (Å²) in [5.74, 6) is 1.47. The molecule has 0 radical (unpaired) electrons. The summed E-state index contributed by atoms with van der Waals surface area (Å²) >= 11 is 1.18. The lowest BCUT2D eigenvalue weighted by atomic mass is 10.4. The molecule has 1 aromatic rings. The van der Waals surface area contributed by atoms with Crippen LogP contribution in [0.1, 0.15) is 0 Å². The number of rotatable bonds is 4. The van der Waals surface area contributed by atoms with E-state index in [1.165, 1.54) is 11.7 Å². The highest BCUT2D eigenvalue weighted by Crippen LogP contribution is 2.27. The van der Waals surface area contributed by atoms with E-state index < -0.39 is 0 Å². The molecule has 2 fully saturated rings. The van der Waals surface area contributed by atoms with Gasteiger partial charge >= 0.3 is 0 Å². The fourth-order valence-electron chi connectivity index (χ4n) is 1.57. The number of anilines is 1. The van der Waals surface area contributed by atoms with Gasteiger partial charge in [0.2, 0.25) is 5.82 Å². The van der Waals surface area contributed by atoms with E-state index in [1.54, 1.807) is 0 Å². The van der Waals surface area contributed by atoms with E-state index in [-0.39, 0.29) is 6.10 Å². The maximum Gasteiger partial charge on any atom is 0.270 e. The molecule has 3 heterocycles. The minimum absolute atomic E-state index is 0.249. The van der Waals surface area contributed by atoms with Crippen LogP contribution in [0.25, 0.3) is 0 Å². The SMILES string of the molecule is C1CN(c2nsnc2OC[C@@H]2CO2)CCO1. The summed E-state index contributed by atoms with van der Waals surface area (Å²) in [5, 5.41) is 0. The van der Waals surface area contributed by atoms with Crippen LogP contribution in [0.15, 0.2) is 0 Å². The molecule has 0 bridgehead atoms. The third kappa shape index (κ3) is 2.26. The zero-order valence-electron chi connectivity index (χ0n) is 8.79. The van der Waals surface area contributed by atoms with Crippen LogP contribution in [-0.2, 0) is 9.47 Å². The van der Waals surface area contributed by atoms with Crippen molar-refractivity contribution in [1.82, 2.24) is 8.75 Å². The largest absolute Gasteiger partial charge is 0.472 e. The van der Waals surface area contributed by atoms with Gasteiger partial charge in [-0.3, -0.25) is 0 Å². The standard InChI is InChI=1S/C9H13N3O3S/c1-3-13-4-2-12(1)8-9(11-16-10-8)15-6-7-5-14-7/h7H,1-6H2/t7-/m0/s1. The summed E-state index contributed by atoms with van der Waals surface area (Å²) in [5.41, 5.74) is 0. The molecule has 2 aliphatic rings. The van der Waals surface area contributed by atoms with Crippen LogP contribution in [-0.4, -0.2) is 54.4 Å². The first-order chi connectivity index (χ1) is 7.93. The normalized spacial score (nSPS) is 24.5. The number of epoxide rings is 1. The van der Waals surface area contributed by atoms with Crippen LogP contribution >= 0.6 is 11.7 Å². The fourth-order valence-corrected chi connectivity index (χ4v) is 2.09. The maximum absolute atomic E-state index is 5.58. The fraction of sp³-hybridized carbons (Fsp3) is 0.778. The molecular formula is C9H13N3O3S. The zero-order chi connectivity index (χ0) is 10.8. The molecule has 88 valence electrons. The molecule has 0 aliphatic carbocycles. The second-order valence-electron chi connectivity index (χ2n) is 3.76. The van der Waals surface area contributed by atoms with Gasteiger partial charge in [-0.15, -0.1) is 4.37 Å². The molecule has 2 aliphatic heterocycles. The summed E-state index contributed by atoms with van der Waals surface area (Å²) in [6, 6.07) is 0. The van der Waals surface area contributed by atoms with Crippen molar-refractivity contribution in [3.05, 3.63) is 0 Å². The van der Waals surface area contributed by atoms with Gasteiger partial charge in [0.05, 0.1) is 31.5 Å². The lowest BCUT2D eigenvalue weighted by molar-refractivity contribution is 0.122. The molecule has 6 nitrogen and oxygen atoms in total. The predicted molar refractivity (Wildman–Crippen MR) is 58.2 cm³/mol. The average molecular weight is 243 g/mol. The van der Waals surface area contributed by atoms with Crippen molar-refractivity contribution in [3.63, 3.8) is 0 Å². The second kappa shape index (κ2) is 4.52. The number of ether oxygens (including phenoxy) is 3. The van der Waals surface area contributed by atoms with E-state index in [0.717, 1.165) is 38.7 Å². The van der Waals surface area contributed by atoms with E-state index >= 15 is 0 Å². The Kier molecular flexibility index (Phi) is 2.90. The Hall–Kier alpha value is -0.920. The molecule has 3 rings (SSSR count). The van der Waals surface area contributed by atoms with Gasteiger partial charge in [0.1, 0.15) is 12.7 Å². The Balaban J connectivity index is 1.65. The second-order valence-corrected chi connectivity index (χ2v) is 4.29. The molecule has 1 aromatic heterocycles. The van der Waals surface area contributed by atoms with Gasteiger partial charge in [-0.1, -0.05) is 0 Å². The molecule has 7 heteroatoms. The predicted octanol–water partition coefficient (Wildman–Crippen LogP) is 0.152. The number of morpholine rings is 1. The Labute approximate surface area is 97.4 Å². The van der Waals surface area contributed by atoms with E-state index in [4.69, 9.17) is 14.2 Å². The molecule has 0 N–H and O–H groups in total. The molecule has 0 spiro atoms. The van der Waals surface area contributed by atoms with Crippen LogP contribution in [0.5, 0.6) is 5.88 Å². The molecule has 1 atom stereocenters. The average Bonchev–Trinajstić information content (AvgIpc) is 3.05. The van der Waals surface area contributed by atoms with Gasteiger partial charge in [-0.25, -0.2) is 0 Å². The molecule has 2 saturated heterocycles. The van der Waals surface area contributed by atoms with Crippen molar-refractivity contribution in [1.29, 1.82) is 0 Å². The summed E-state index contributed by atoms with van der Waals surface area (Å²) < 4.78 is 24.4. The summed E-state index contributed by atoms with van der Waals surface area (Å²) in [7, 11) is 0. The molecular weight excluding hydrogens is 230 g/mol. The molecule has 16 heavy (non-hydrogen) atoms. The first-order valence-corrected chi connectivity index (χ1v) is 6.06. The lowest BCUT2D eigenvalue weighted by Crippen LogP contribution is -2.36. The van der Waals surface area contributed by atoms with Crippen LogP contribution in [0.2, 0.25) is 0 Å². The third-order valence-electron chi connectivity index (χ3n) is 2.56. The zero-order valence-corrected chi connectivity index (χ0v) is 9.61. The maximum atomic E-state index is 5.58. The first-order valence-electron chi connectivity index (χ1n) is 5.33. The third-order valence-corrected chi connectivity index (χ3v) is 3.06. The highest BCUT2D eigenvalue weighted by atomic mass is 32.1. The van der Waals surface area contributed by atoms with Gasteiger partial charge in [0.15, 0.2) is 0 Å². The minimum Gasteiger partial charge on any atom is -0.472 e.